The van der Waals surface area contributed by atoms with E-state index in [9.17, 15) is 4.79 Å². The van der Waals surface area contributed by atoms with E-state index in [1.807, 2.05) is 6.07 Å². The fraction of sp³-hybridized carbons (Fsp3) is 0.231. The normalized spacial score (nSPS) is 10.1. The van der Waals surface area contributed by atoms with Crippen molar-refractivity contribution in [1.82, 2.24) is 15.0 Å². The van der Waals surface area contributed by atoms with Gasteiger partial charge in [-0.3, -0.25) is 4.79 Å². The number of hydrogen-bond donors (Lipinski definition) is 2. The molecule has 2 aromatic rings. The minimum absolute atomic E-state index is 0.318. The summed E-state index contributed by atoms with van der Waals surface area (Å²) >= 11 is 3.18. The molecule has 0 aliphatic heterocycles. The topological polar surface area (TPSA) is 79.8 Å². The highest BCUT2D eigenvalue weighted by Gasteiger charge is 2.09. The standard InChI is InChI=1S/C13H14BrN5O/c1-2-6-15-11-5-3-4-9(18-11)13(20)19-12-8-16-10(14)7-17-12/h3-5,7-8H,2,6H2,1H3,(H,15,18)(H,17,19,20). The summed E-state index contributed by atoms with van der Waals surface area (Å²) in [5, 5.41) is 5.78. The van der Waals surface area contributed by atoms with E-state index in [4.69, 9.17) is 0 Å². The summed E-state index contributed by atoms with van der Waals surface area (Å²) < 4.78 is 0.611. The predicted octanol–water partition coefficient (Wildman–Crippen LogP) is 2.71. The first kappa shape index (κ1) is 14.4. The van der Waals surface area contributed by atoms with E-state index in [0.717, 1.165) is 13.0 Å². The monoisotopic (exact) mass is 335 g/mol. The Kier molecular flexibility index (Phi) is 5.00. The zero-order valence-electron chi connectivity index (χ0n) is 10.9. The fourth-order valence-electron chi connectivity index (χ4n) is 1.47. The van der Waals surface area contributed by atoms with Crippen LogP contribution in [0.1, 0.15) is 23.8 Å². The summed E-state index contributed by atoms with van der Waals surface area (Å²) in [4.78, 5) is 24.3. The van der Waals surface area contributed by atoms with Gasteiger partial charge in [-0.05, 0) is 34.5 Å². The highest BCUT2D eigenvalue weighted by atomic mass is 79.9. The second-order valence-corrected chi connectivity index (χ2v) is 4.83. The van der Waals surface area contributed by atoms with Gasteiger partial charge in [0.1, 0.15) is 16.1 Å². The van der Waals surface area contributed by atoms with Gasteiger partial charge in [-0.1, -0.05) is 13.0 Å². The Balaban J connectivity index is 2.06. The summed E-state index contributed by atoms with van der Waals surface area (Å²) in [5.74, 6) is 0.745. The zero-order chi connectivity index (χ0) is 14.4. The molecule has 1 amide bonds. The van der Waals surface area contributed by atoms with Crippen molar-refractivity contribution >= 4 is 33.5 Å². The van der Waals surface area contributed by atoms with Crippen molar-refractivity contribution < 1.29 is 4.79 Å². The van der Waals surface area contributed by atoms with Gasteiger partial charge in [-0.2, -0.15) is 0 Å². The number of carbonyl (C=O) groups is 1. The van der Waals surface area contributed by atoms with Gasteiger partial charge in [-0.25, -0.2) is 15.0 Å². The molecule has 0 saturated carbocycles. The van der Waals surface area contributed by atoms with Crippen LogP contribution in [0.5, 0.6) is 0 Å². The Labute approximate surface area is 125 Å². The van der Waals surface area contributed by atoms with Crippen LogP contribution >= 0.6 is 15.9 Å². The SMILES string of the molecule is CCCNc1cccc(C(=O)Nc2cnc(Br)cn2)n1. The lowest BCUT2D eigenvalue weighted by atomic mass is 10.3. The van der Waals surface area contributed by atoms with E-state index in [2.05, 4.69) is 48.4 Å². The van der Waals surface area contributed by atoms with Crippen LogP contribution in [0.3, 0.4) is 0 Å². The van der Waals surface area contributed by atoms with Gasteiger partial charge < -0.3 is 10.6 Å². The molecule has 0 atom stereocenters. The third-order valence-electron chi connectivity index (χ3n) is 2.40. The first-order chi connectivity index (χ1) is 9.69. The van der Waals surface area contributed by atoms with Crippen molar-refractivity contribution in [2.75, 3.05) is 17.2 Å². The van der Waals surface area contributed by atoms with Crippen LogP contribution < -0.4 is 10.6 Å². The molecule has 0 bridgehead atoms. The van der Waals surface area contributed by atoms with Crippen LogP contribution in [-0.2, 0) is 0 Å². The Hall–Kier alpha value is -2.02. The van der Waals surface area contributed by atoms with Crippen LogP contribution in [0.4, 0.5) is 11.6 Å². The number of hydrogen-bond acceptors (Lipinski definition) is 5. The van der Waals surface area contributed by atoms with Gasteiger partial charge in [0.25, 0.3) is 5.91 Å². The van der Waals surface area contributed by atoms with Crippen molar-refractivity contribution in [2.45, 2.75) is 13.3 Å². The maximum Gasteiger partial charge on any atom is 0.275 e. The maximum absolute atomic E-state index is 12.0. The molecule has 2 rings (SSSR count). The largest absolute Gasteiger partial charge is 0.370 e. The second-order valence-electron chi connectivity index (χ2n) is 4.01. The van der Waals surface area contributed by atoms with E-state index in [0.29, 0.717) is 21.9 Å². The maximum atomic E-state index is 12.0. The van der Waals surface area contributed by atoms with Crippen molar-refractivity contribution in [3.63, 3.8) is 0 Å². The van der Waals surface area contributed by atoms with Gasteiger partial charge in [0.05, 0.1) is 12.4 Å². The van der Waals surface area contributed by atoms with Gasteiger partial charge in [0.2, 0.25) is 0 Å². The third kappa shape index (κ3) is 3.99. The minimum atomic E-state index is -0.318. The van der Waals surface area contributed by atoms with Gasteiger partial charge in [0, 0.05) is 6.54 Å². The quantitative estimate of drug-likeness (QED) is 0.878. The second kappa shape index (κ2) is 6.95. The van der Waals surface area contributed by atoms with E-state index >= 15 is 0 Å². The smallest absolute Gasteiger partial charge is 0.275 e. The molecule has 6 nitrogen and oxygen atoms in total. The lowest BCUT2D eigenvalue weighted by Crippen LogP contribution is -2.15. The van der Waals surface area contributed by atoms with E-state index in [1.54, 1.807) is 12.1 Å². The number of carbonyl (C=O) groups excluding carboxylic acids is 1. The van der Waals surface area contributed by atoms with Crippen LogP contribution in [0, 0.1) is 0 Å². The molecule has 20 heavy (non-hydrogen) atoms. The predicted molar refractivity (Wildman–Crippen MR) is 80.7 cm³/mol. The first-order valence-electron chi connectivity index (χ1n) is 6.19. The number of halogens is 1. The van der Waals surface area contributed by atoms with Crippen molar-refractivity contribution in [2.24, 2.45) is 0 Å². The average molecular weight is 336 g/mol. The number of pyridine rings is 1. The van der Waals surface area contributed by atoms with Gasteiger partial charge in [-0.15, -0.1) is 0 Å². The molecular formula is C13H14BrN5O. The Bertz CT molecular complexity index is 588. The van der Waals surface area contributed by atoms with Crippen molar-refractivity contribution in [3.8, 4) is 0 Å². The lowest BCUT2D eigenvalue weighted by Gasteiger charge is -2.06. The summed E-state index contributed by atoms with van der Waals surface area (Å²) in [5.41, 5.74) is 0.329. The first-order valence-corrected chi connectivity index (χ1v) is 6.98. The molecule has 0 saturated heterocycles. The Morgan fingerprint density at radius 1 is 1.25 bits per heavy atom. The van der Waals surface area contributed by atoms with Gasteiger partial charge in [0.15, 0.2) is 5.82 Å². The lowest BCUT2D eigenvalue weighted by molar-refractivity contribution is 0.102. The van der Waals surface area contributed by atoms with Crippen LogP contribution in [0.25, 0.3) is 0 Å². The van der Waals surface area contributed by atoms with E-state index < -0.39 is 0 Å². The summed E-state index contributed by atoms with van der Waals surface area (Å²) in [6.45, 7) is 2.88. The minimum Gasteiger partial charge on any atom is -0.370 e. The molecule has 104 valence electrons. The third-order valence-corrected chi connectivity index (χ3v) is 2.81. The molecule has 2 aromatic heterocycles. The number of aromatic nitrogens is 3. The van der Waals surface area contributed by atoms with Crippen LogP contribution in [0.2, 0.25) is 0 Å². The zero-order valence-corrected chi connectivity index (χ0v) is 12.5. The summed E-state index contributed by atoms with van der Waals surface area (Å²) in [6.07, 6.45) is 3.98. The van der Waals surface area contributed by atoms with Crippen molar-refractivity contribution in [3.05, 3.63) is 40.9 Å². The molecule has 2 N–H and O–H groups in total. The average Bonchev–Trinajstić information content (AvgIpc) is 2.48. The van der Waals surface area contributed by atoms with Crippen LogP contribution in [-0.4, -0.2) is 27.4 Å². The fourth-order valence-corrected chi connectivity index (χ4v) is 1.67. The molecule has 0 aromatic carbocycles. The number of anilines is 2. The van der Waals surface area contributed by atoms with E-state index in [1.165, 1.54) is 12.4 Å². The van der Waals surface area contributed by atoms with Crippen molar-refractivity contribution in [1.29, 1.82) is 0 Å². The number of rotatable bonds is 5. The molecule has 2 heterocycles. The molecule has 0 unspecified atom stereocenters. The highest BCUT2D eigenvalue weighted by molar-refractivity contribution is 9.10. The molecule has 0 fully saturated rings. The molecule has 0 aliphatic carbocycles. The summed E-state index contributed by atoms with van der Waals surface area (Å²) in [7, 11) is 0. The molecule has 7 heteroatoms. The number of amides is 1. The highest BCUT2D eigenvalue weighted by Crippen LogP contribution is 2.09. The Morgan fingerprint density at radius 2 is 2.10 bits per heavy atom. The van der Waals surface area contributed by atoms with Gasteiger partial charge >= 0.3 is 0 Å². The molecule has 0 aliphatic rings. The van der Waals surface area contributed by atoms with E-state index in [-0.39, 0.29) is 5.91 Å². The summed E-state index contributed by atoms with van der Waals surface area (Å²) in [6, 6.07) is 5.26. The Morgan fingerprint density at radius 3 is 2.80 bits per heavy atom. The molecule has 0 spiro atoms. The number of nitrogens with zero attached hydrogens (tertiary/aromatic N) is 3. The number of nitrogens with one attached hydrogen (secondary N) is 2. The molecule has 0 radical (unpaired) electrons. The van der Waals surface area contributed by atoms with Crippen LogP contribution in [0.15, 0.2) is 35.2 Å². The molecular weight excluding hydrogens is 322 g/mol.